The van der Waals surface area contributed by atoms with Crippen LogP contribution in [0.2, 0.25) is 30.7 Å². The maximum atomic E-state index is 6.52. The van der Waals surface area contributed by atoms with E-state index in [4.69, 9.17) is 21.1 Å². The van der Waals surface area contributed by atoms with Crippen molar-refractivity contribution in [1.29, 1.82) is 0 Å². The van der Waals surface area contributed by atoms with Gasteiger partial charge in [-0.05, 0) is 46.2 Å². The molecule has 0 unspecified atom stereocenters. The first-order valence-corrected chi connectivity index (χ1v) is 13.4. The molecule has 4 nitrogen and oxygen atoms in total. The van der Waals surface area contributed by atoms with E-state index in [0.29, 0.717) is 24.4 Å². The van der Waals surface area contributed by atoms with Crippen LogP contribution in [0.1, 0.15) is 0 Å². The molecule has 3 aromatic rings. The summed E-state index contributed by atoms with van der Waals surface area (Å²) in [5.41, 5.74) is 1.58. The Morgan fingerprint density at radius 1 is 1.12 bits per heavy atom. The van der Waals surface area contributed by atoms with Gasteiger partial charge in [-0.25, -0.2) is 0 Å². The van der Waals surface area contributed by atoms with E-state index in [1.54, 1.807) is 0 Å². The molecule has 0 atom stereocenters. The summed E-state index contributed by atoms with van der Waals surface area (Å²) in [5.74, 6) is 0.723. The molecule has 0 aliphatic rings. The second-order valence-electron chi connectivity index (χ2n) is 7.31. The van der Waals surface area contributed by atoms with Crippen LogP contribution in [-0.2, 0) is 11.5 Å². The summed E-state index contributed by atoms with van der Waals surface area (Å²) in [6.45, 7) is 8.06. The lowest BCUT2D eigenvalue weighted by Crippen LogP contribution is -2.22. The molecule has 1 heterocycles. The fourth-order valence-corrected chi connectivity index (χ4v) is 3.80. The summed E-state index contributed by atoms with van der Waals surface area (Å²) in [6.07, 6.45) is 0. The Balaban J connectivity index is 1.91. The third-order valence-electron chi connectivity index (χ3n) is 3.93. The minimum Gasteiger partial charge on any atom is -0.425 e. The van der Waals surface area contributed by atoms with E-state index in [0.717, 1.165) is 27.3 Å². The highest BCUT2D eigenvalue weighted by Crippen LogP contribution is 2.35. The maximum absolute atomic E-state index is 6.52. The molecule has 2 aromatic carbocycles. The standard InChI is InChI=1S/C19H22BrClN2O2Si/c1-26(2,3)12-11-24-13-23-18-16(10-9-15(20)17(18)21)22-19(23)25-14-7-5-4-6-8-14/h4-10H,11-13H2,1-3H3. The molecule has 26 heavy (non-hydrogen) atoms. The third kappa shape index (κ3) is 4.68. The van der Waals surface area contributed by atoms with Crippen LogP contribution < -0.4 is 4.74 Å². The Morgan fingerprint density at radius 2 is 1.85 bits per heavy atom. The molecule has 0 N–H and O–H groups in total. The summed E-state index contributed by atoms with van der Waals surface area (Å²) >= 11 is 10.0. The third-order valence-corrected chi connectivity index (χ3v) is 6.91. The number of nitrogens with zero attached hydrogens (tertiary/aromatic N) is 2. The van der Waals surface area contributed by atoms with E-state index in [1.165, 1.54) is 0 Å². The van der Waals surface area contributed by atoms with Gasteiger partial charge in [0.25, 0.3) is 0 Å². The van der Waals surface area contributed by atoms with Crippen molar-refractivity contribution in [3.05, 3.63) is 52.0 Å². The number of para-hydroxylation sites is 1. The number of benzene rings is 2. The highest BCUT2D eigenvalue weighted by Gasteiger charge is 2.18. The first-order valence-electron chi connectivity index (χ1n) is 8.50. The maximum Gasteiger partial charge on any atom is 0.304 e. The van der Waals surface area contributed by atoms with Crippen molar-refractivity contribution in [2.45, 2.75) is 32.4 Å². The number of ether oxygens (including phenoxy) is 2. The van der Waals surface area contributed by atoms with Gasteiger partial charge < -0.3 is 9.47 Å². The molecule has 0 saturated heterocycles. The summed E-state index contributed by atoms with van der Waals surface area (Å²) in [4.78, 5) is 4.60. The zero-order valence-electron chi connectivity index (χ0n) is 15.1. The fourth-order valence-electron chi connectivity index (χ4n) is 2.46. The molecule has 0 saturated carbocycles. The van der Waals surface area contributed by atoms with E-state index < -0.39 is 8.07 Å². The summed E-state index contributed by atoms with van der Waals surface area (Å²) in [7, 11) is -1.14. The highest BCUT2D eigenvalue weighted by atomic mass is 79.9. The minimum absolute atomic E-state index is 0.347. The Morgan fingerprint density at radius 3 is 2.54 bits per heavy atom. The molecule has 0 fully saturated rings. The normalized spacial score (nSPS) is 11.9. The zero-order valence-corrected chi connectivity index (χ0v) is 18.5. The number of fused-ring (bicyclic) bond motifs is 1. The smallest absolute Gasteiger partial charge is 0.304 e. The molecule has 0 spiro atoms. The van der Waals surface area contributed by atoms with Crippen LogP contribution >= 0.6 is 27.5 Å². The number of aromatic nitrogens is 2. The van der Waals surface area contributed by atoms with Crippen molar-refractivity contribution in [2.75, 3.05) is 6.61 Å². The predicted octanol–water partition coefficient (Wildman–Crippen LogP) is 6.56. The lowest BCUT2D eigenvalue weighted by atomic mass is 10.3. The summed E-state index contributed by atoms with van der Waals surface area (Å²) in [5, 5.41) is 0.603. The monoisotopic (exact) mass is 452 g/mol. The van der Waals surface area contributed by atoms with Gasteiger partial charge in [-0.3, -0.25) is 4.57 Å². The zero-order chi connectivity index (χ0) is 18.7. The minimum atomic E-state index is -1.14. The summed E-state index contributed by atoms with van der Waals surface area (Å²) < 4.78 is 14.6. The van der Waals surface area contributed by atoms with Crippen molar-refractivity contribution in [3.8, 4) is 11.8 Å². The van der Waals surface area contributed by atoms with E-state index in [-0.39, 0.29) is 0 Å². The van der Waals surface area contributed by atoms with Crippen molar-refractivity contribution in [2.24, 2.45) is 0 Å². The van der Waals surface area contributed by atoms with Gasteiger partial charge in [0.15, 0.2) is 0 Å². The Hall–Kier alpha value is -1.34. The Kier molecular flexibility index (Phi) is 6.07. The molecule has 1 aromatic heterocycles. The van der Waals surface area contributed by atoms with E-state index in [9.17, 15) is 0 Å². The van der Waals surface area contributed by atoms with Crippen molar-refractivity contribution in [1.82, 2.24) is 9.55 Å². The van der Waals surface area contributed by atoms with E-state index >= 15 is 0 Å². The van der Waals surface area contributed by atoms with Gasteiger partial charge in [0.1, 0.15) is 12.5 Å². The number of hydrogen-bond acceptors (Lipinski definition) is 3. The molecule has 0 bridgehead atoms. The van der Waals surface area contributed by atoms with Crippen molar-refractivity contribution >= 4 is 46.6 Å². The fraction of sp³-hybridized carbons (Fsp3) is 0.316. The van der Waals surface area contributed by atoms with Crippen molar-refractivity contribution in [3.63, 3.8) is 0 Å². The van der Waals surface area contributed by atoms with Crippen LogP contribution in [0.5, 0.6) is 11.8 Å². The highest BCUT2D eigenvalue weighted by molar-refractivity contribution is 9.10. The molecule has 0 amide bonds. The van der Waals surface area contributed by atoms with Crippen LogP contribution in [0.4, 0.5) is 0 Å². The second kappa shape index (κ2) is 8.13. The molecule has 0 aliphatic carbocycles. The van der Waals surface area contributed by atoms with Gasteiger partial charge >= 0.3 is 6.01 Å². The topological polar surface area (TPSA) is 36.3 Å². The van der Waals surface area contributed by atoms with Crippen LogP contribution in [0, 0.1) is 0 Å². The molecule has 138 valence electrons. The molecule has 0 radical (unpaired) electrons. The van der Waals surface area contributed by atoms with Gasteiger partial charge in [0, 0.05) is 19.2 Å². The largest absolute Gasteiger partial charge is 0.425 e. The van der Waals surface area contributed by atoms with Crippen molar-refractivity contribution < 1.29 is 9.47 Å². The lowest BCUT2D eigenvalue weighted by Gasteiger charge is -2.16. The average Bonchev–Trinajstić information content (AvgIpc) is 2.93. The predicted molar refractivity (Wildman–Crippen MR) is 113 cm³/mol. The Bertz CT molecular complexity index is 894. The number of hydrogen-bond donors (Lipinski definition) is 0. The number of imidazole rings is 1. The lowest BCUT2D eigenvalue weighted by molar-refractivity contribution is 0.0850. The van der Waals surface area contributed by atoms with Crippen LogP contribution in [0.3, 0.4) is 0 Å². The molecule has 7 heteroatoms. The van der Waals surface area contributed by atoms with Crippen LogP contribution in [0.15, 0.2) is 46.9 Å². The van der Waals surface area contributed by atoms with Gasteiger partial charge in [-0.1, -0.05) is 49.4 Å². The summed E-state index contributed by atoms with van der Waals surface area (Å²) in [6, 6.07) is 15.0. The number of rotatable bonds is 7. The van der Waals surface area contributed by atoms with Crippen LogP contribution in [-0.4, -0.2) is 24.2 Å². The van der Waals surface area contributed by atoms with Gasteiger partial charge in [0.05, 0.1) is 16.1 Å². The van der Waals surface area contributed by atoms with Crippen LogP contribution in [0.25, 0.3) is 11.0 Å². The molecule has 0 aliphatic heterocycles. The van der Waals surface area contributed by atoms with E-state index in [1.807, 2.05) is 47.0 Å². The molecule has 3 rings (SSSR count). The van der Waals surface area contributed by atoms with E-state index in [2.05, 4.69) is 40.6 Å². The second-order valence-corrected chi connectivity index (χ2v) is 14.2. The Labute approximate surface area is 168 Å². The molecular weight excluding hydrogens is 432 g/mol. The SMILES string of the molecule is C[Si](C)(C)CCOCn1c(Oc2ccccc2)nc2ccc(Br)c(Cl)c21. The van der Waals surface area contributed by atoms with Gasteiger partial charge in [-0.15, -0.1) is 0 Å². The average molecular weight is 454 g/mol. The number of halogens is 2. The first kappa shape index (κ1) is 19.4. The van der Waals surface area contributed by atoms with Gasteiger partial charge in [-0.2, -0.15) is 4.98 Å². The molecular formula is C19H22BrClN2O2Si. The quantitative estimate of drug-likeness (QED) is 0.300. The first-order chi connectivity index (χ1) is 12.3. The van der Waals surface area contributed by atoms with Gasteiger partial charge in [0.2, 0.25) is 0 Å².